The summed E-state index contributed by atoms with van der Waals surface area (Å²) in [6, 6.07) is 9.01. The molecule has 1 heterocycles. The van der Waals surface area contributed by atoms with Gasteiger partial charge in [0, 0.05) is 6.54 Å². The third kappa shape index (κ3) is 3.90. The first-order valence-corrected chi connectivity index (χ1v) is 9.21. The van der Waals surface area contributed by atoms with Gasteiger partial charge in [-0.2, -0.15) is 0 Å². The molecule has 24 heavy (non-hydrogen) atoms. The van der Waals surface area contributed by atoms with Gasteiger partial charge in [0.05, 0.1) is 17.8 Å². The van der Waals surface area contributed by atoms with E-state index in [0.717, 1.165) is 43.0 Å². The van der Waals surface area contributed by atoms with E-state index < -0.39 is 0 Å². The smallest absolute Gasteiger partial charge is 0.315 e. The Morgan fingerprint density at radius 2 is 1.92 bits per heavy atom. The van der Waals surface area contributed by atoms with Gasteiger partial charge in [0.2, 0.25) is 5.91 Å². The number of nitrogens with zero attached hydrogens (tertiary/aromatic N) is 1. The lowest BCUT2D eigenvalue weighted by Gasteiger charge is -2.36. The molecule has 1 saturated heterocycles. The van der Waals surface area contributed by atoms with Crippen molar-refractivity contribution in [3.63, 3.8) is 0 Å². The van der Waals surface area contributed by atoms with E-state index in [2.05, 4.69) is 10.6 Å². The van der Waals surface area contributed by atoms with Crippen LogP contribution in [0.4, 0.5) is 9.59 Å². The van der Waals surface area contributed by atoms with Crippen LogP contribution in [-0.2, 0) is 11.3 Å². The van der Waals surface area contributed by atoms with Gasteiger partial charge in [0.1, 0.15) is 0 Å². The number of thioether (sulfide) groups is 1. The number of urea groups is 1. The minimum Gasteiger partial charge on any atom is -0.334 e. The number of hydrogen-bond acceptors (Lipinski definition) is 4. The molecule has 3 rings (SSSR count). The molecule has 6 nitrogen and oxygen atoms in total. The van der Waals surface area contributed by atoms with Crippen LogP contribution in [0.1, 0.15) is 31.2 Å². The summed E-state index contributed by atoms with van der Waals surface area (Å²) in [5.41, 5.74) is 1.02. The molecular formula is C17H21N3O3S. The van der Waals surface area contributed by atoms with E-state index in [4.69, 9.17) is 0 Å². The van der Waals surface area contributed by atoms with Crippen LogP contribution in [0.5, 0.6) is 0 Å². The predicted molar refractivity (Wildman–Crippen MR) is 92.6 cm³/mol. The van der Waals surface area contributed by atoms with Gasteiger partial charge in [0.25, 0.3) is 5.24 Å². The van der Waals surface area contributed by atoms with Crippen molar-refractivity contribution >= 4 is 28.9 Å². The summed E-state index contributed by atoms with van der Waals surface area (Å²) in [6.45, 7) is 0.446. The molecule has 1 aliphatic carbocycles. The zero-order valence-corrected chi connectivity index (χ0v) is 14.2. The quantitative estimate of drug-likeness (QED) is 0.877. The number of carbonyl (C=O) groups is 3. The highest BCUT2D eigenvalue weighted by atomic mass is 32.2. The van der Waals surface area contributed by atoms with Crippen molar-refractivity contribution in [3.05, 3.63) is 35.9 Å². The van der Waals surface area contributed by atoms with Crippen LogP contribution in [0.3, 0.4) is 0 Å². The molecule has 1 aromatic rings. The SMILES string of the molecule is O=C(NCc1ccccc1)NC1CCCCC1N1C(=O)CSC1=O. The third-order valence-corrected chi connectivity index (χ3v) is 5.29. The number of rotatable bonds is 4. The molecule has 2 unspecified atom stereocenters. The topological polar surface area (TPSA) is 78.5 Å². The van der Waals surface area contributed by atoms with Gasteiger partial charge >= 0.3 is 6.03 Å². The Balaban J connectivity index is 1.58. The fourth-order valence-electron chi connectivity index (χ4n) is 3.27. The minimum absolute atomic E-state index is 0.145. The molecule has 128 valence electrons. The second-order valence-corrected chi connectivity index (χ2v) is 7.02. The molecule has 1 saturated carbocycles. The minimum atomic E-state index is -0.262. The van der Waals surface area contributed by atoms with Gasteiger partial charge in [0.15, 0.2) is 0 Å². The van der Waals surface area contributed by atoms with E-state index in [0.29, 0.717) is 6.54 Å². The van der Waals surface area contributed by atoms with E-state index in [1.807, 2.05) is 30.3 Å². The molecule has 0 radical (unpaired) electrons. The van der Waals surface area contributed by atoms with Gasteiger partial charge in [-0.25, -0.2) is 4.79 Å². The highest BCUT2D eigenvalue weighted by Gasteiger charge is 2.41. The van der Waals surface area contributed by atoms with Crippen LogP contribution in [-0.4, -0.2) is 39.9 Å². The molecule has 7 heteroatoms. The number of amides is 4. The lowest BCUT2D eigenvalue weighted by atomic mass is 9.89. The standard InChI is InChI=1S/C17H21N3O3S/c21-15-11-24-17(23)20(15)14-9-5-4-8-13(14)19-16(22)18-10-12-6-2-1-3-7-12/h1-3,6-7,13-14H,4-5,8-11H2,(H2,18,19,22). The monoisotopic (exact) mass is 347 g/mol. The number of benzene rings is 1. The number of nitrogens with one attached hydrogen (secondary N) is 2. The largest absolute Gasteiger partial charge is 0.334 e. The molecule has 2 aliphatic rings. The molecule has 1 aliphatic heterocycles. The van der Waals surface area contributed by atoms with E-state index in [1.165, 1.54) is 4.90 Å². The molecular weight excluding hydrogens is 326 g/mol. The maximum Gasteiger partial charge on any atom is 0.315 e. The van der Waals surface area contributed by atoms with Crippen LogP contribution in [0.2, 0.25) is 0 Å². The lowest BCUT2D eigenvalue weighted by Crippen LogP contribution is -2.56. The van der Waals surface area contributed by atoms with E-state index in [-0.39, 0.29) is 35.0 Å². The second-order valence-electron chi connectivity index (χ2n) is 6.09. The average Bonchev–Trinajstić information content (AvgIpc) is 2.93. The Morgan fingerprint density at radius 1 is 1.17 bits per heavy atom. The Kier molecular flexibility index (Phi) is 5.40. The third-order valence-electron chi connectivity index (χ3n) is 4.46. The molecule has 2 atom stereocenters. The molecule has 0 bridgehead atoms. The van der Waals surface area contributed by atoms with Crippen LogP contribution < -0.4 is 10.6 Å². The van der Waals surface area contributed by atoms with Crippen molar-refractivity contribution in [2.75, 3.05) is 5.75 Å². The average molecular weight is 347 g/mol. The zero-order chi connectivity index (χ0) is 16.9. The highest BCUT2D eigenvalue weighted by molar-refractivity contribution is 8.14. The summed E-state index contributed by atoms with van der Waals surface area (Å²) in [7, 11) is 0. The van der Waals surface area contributed by atoms with Gasteiger partial charge < -0.3 is 10.6 Å². The second kappa shape index (κ2) is 7.70. The van der Waals surface area contributed by atoms with Crippen molar-refractivity contribution in [1.82, 2.24) is 15.5 Å². The van der Waals surface area contributed by atoms with Crippen molar-refractivity contribution < 1.29 is 14.4 Å². The highest BCUT2D eigenvalue weighted by Crippen LogP contribution is 2.30. The fraction of sp³-hybridized carbons (Fsp3) is 0.471. The first-order chi connectivity index (χ1) is 11.6. The summed E-state index contributed by atoms with van der Waals surface area (Å²) >= 11 is 1.04. The van der Waals surface area contributed by atoms with Crippen LogP contribution >= 0.6 is 11.8 Å². The van der Waals surface area contributed by atoms with Gasteiger partial charge in [-0.15, -0.1) is 0 Å². The summed E-state index contributed by atoms with van der Waals surface area (Å²) in [6.07, 6.45) is 3.49. The Morgan fingerprint density at radius 3 is 2.62 bits per heavy atom. The first kappa shape index (κ1) is 16.8. The fourth-order valence-corrected chi connectivity index (χ4v) is 4.03. The predicted octanol–water partition coefficient (Wildman–Crippen LogP) is 2.49. The summed E-state index contributed by atoms with van der Waals surface area (Å²) < 4.78 is 0. The molecule has 2 fully saturated rings. The number of hydrogen-bond donors (Lipinski definition) is 2. The molecule has 0 spiro atoms. The lowest BCUT2D eigenvalue weighted by molar-refractivity contribution is -0.127. The Labute approximate surface area is 145 Å². The number of carbonyl (C=O) groups excluding carboxylic acids is 3. The van der Waals surface area contributed by atoms with Gasteiger partial charge in [-0.1, -0.05) is 54.9 Å². The van der Waals surface area contributed by atoms with Crippen LogP contribution in [0.15, 0.2) is 30.3 Å². The van der Waals surface area contributed by atoms with Crippen molar-refractivity contribution in [2.24, 2.45) is 0 Å². The van der Waals surface area contributed by atoms with Crippen molar-refractivity contribution in [2.45, 2.75) is 44.3 Å². The molecule has 2 N–H and O–H groups in total. The summed E-state index contributed by atoms with van der Waals surface area (Å²) in [5, 5.41) is 5.60. The van der Waals surface area contributed by atoms with Crippen molar-refractivity contribution in [3.8, 4) is 0 Å². The zero-order valence-electron chi connectivity index (χ0n) is 13.4. The van der Waals surface area contributed by atoms with Gasteiger partial charge in [-0.05, 0) is 18.4 Å². The Hall–Kier alpha value is -2.02. The Bertz CT molecular complexity index is 607. The van der Waals surface area contributed by atoms with Crippen LogP contribution in [0, 0.1) is 0 Å². The maximum absolute atomic E-state index is 12.2. The normalized spacial score (nSPS) is 24.1. The van der Waals surface area contributed by atoms with E-state index >= 15 is 0 Å². The molecule has 4 amide bonds. The van der Waals surface area contributed by atoms with E-state index in [1.54, 1.807) is 0 Å². The summed E-state index contributed by atoms with van der Waals surface area (Å²) in [5.74, 6) is 0.0656. The molecule has 1 aromatic carbocycles. The summed E-state index contributed by atoms with van der Waals surface area (Å²) in [4.78, 5) is 37.5. The molecule has 0 aromatic heterocycles. The van der Waals surface area contributed by atoms with Gasteiger partial charge in [-0.3, -0.25) is 14.5 Å². The first-order valence-electron chi connectivity index (χ1n) is 8.22. The van der Waals surface area contributed by atoms with E-state index in [9.17, 15) is 14.4 Å². The van der Waals surface area contributed by atoms with Crippen molar-refractivity contribution in [1.29, 1.82) is 0 Å². The number of imide groups is 1. The maximum atomic E-state index is 12.2. The van der Waals surface area contributed by atoms with Crippen LogP contribution in [0.25, 0.3) is 0 Å².